The van der Waals surface area contributed by atoms with Gasteiger partial charge in [0.15, 0.2) is 0 Å². The second kappa shape index (κ2) is 15.7. The number of alkyl halides is 9. The van der Waals surface area contributed by atoms with Crippen LogP contribution in [-0.2, 0) is 31.6 Å². The number of benzene rings is 2. The molecule has 1 aliphatic heterocycles. The molecule has 0 saturated carbocycles. The van der Waals surface area contributed by atoms with Crippen LogP contribution in [0.5, 0.6) is 0 Å². The van der Waals surface area contributed by atoms with Gasteiger partial charge in [-0.05, 0) is 79.4 Å². The minimum absolute atomic E-state index is 0.0165. The van der Waals surface area contributed by atoms with Crippen LogP contribution in [0.2, 0.25) is 0 Å². The Morgan fingerprint density at radius 1 is 0.857 bits per heavy atom. The van der Waals surface area contributed by atoms with E-state index in [0.29, 0.717) is 56.6 Å². The Hall–Kier alpha value is -3.28. The van der Waals surface area contributed by atoms with Crippen molar-refractivity contribution in [3.8, 4) is 0 Å². The molecule has 17 heteroatoms. The first-order valence-corrected chi connectivity index (χ1v) is 15.8. The number of hydrogen-bond acceptors (Lipinski definition) is 6. The number of nitrogens with zero attached hydrogens (tertiary/aromatic N) is 5. The van der Waals surface area contributed by atoms with Crippen LogP contribution in [0, 0.1) is 0 Å². The molecule has 2 aromatic carbocycles. The molecule has 0 aliphatic carbocycles. The van der Waals surface area contributed by atoms with Crippen molar-refractivity contribution in [2.75, 3.05) is 39.8 Å². The molecule has 8 nitrogen and oxygen atoms in total. The third kappa shape index (κ3) is 10.9. The summed E-state index contributed by atoms with van der Waals surface area (Å²) in [7, 11) is 1.26. The number of nitrogens with two attached hydrogens (primary N) is 2. The Morgan fingerprint density at radius 2 is 1.39 bits per heavy atom. The van der Waals surface area contributed by atoms with Crippen LogP contribution < -0.4 is 11.6 Å². The highest BCUT2D eigenvalue weighted by atomic mass is 19.4. The molecule has 5 N–H and O–H groups in total. The Balaban J connectivity index is 2.08. The normalized spacial score (nSPS) is 17.0. The first-order valence-electron chi connectivity index (χ1n) is 15.8. The van der Waals surface area contributed by atoms with Crippen LogP contribution in [0.15, 0.2) is 41.5 Å². The van der Waals surface area contributed by atoms with Crippen LogP contribution in [0.1, 0.15) is 79.5 Å². The highest BCUT2D eigenvalue weighted by Crippen LogP contribution is 2.39. The van der Waals surface area contributed by atoms with Gasteiger partial charge in [-0.25, -0.2) is 11.0 Å². The Morgan fingerprint density at radius 3 is 1.84 bits per heavy atom. The van der Waals surface area contributed by atoms with Crippen LogP contribution in [0.4, 0.5) is 39.5 Å². The van der Waals surface area contributed by atoms with Crippen molar-refractivity contribution in [3.05, 3.63) is 69.8 Å². The molecule has 1 aliphatic rings. The second-order valence-electron chi connectivity index (χ2n) is 12.4. The van der Waals surface area contributed by atoms with Crippen molar-refractivity contribution < 1.29 is 44.6 Å². The summed E-state index contributed by atoms with van der Waals surface area (Å²) in [4.78, 5) is 5.24. The molecular formula is C32H44F9N7O. The molecule has 276 valence electrons. The summed E-state index contributed by atoms with van der Waals surface area (Å²) in [6.07, 6.45) is -13.7. The molecule has 0 spiro atoms. The largest absolute Gasteiger partial charge is 0.416 e. The molecule has 0 amide bonds. The van der Waals surface area contributed by atoms with Gasteiger partial charge in [-0.2, -0.15) is 39.5 Å². The highest BCUT2D eigenvalue weighted by Gasteiger charge is 2.39. The van der Waals surface area contributed by atoms with Gasteiger partial charge in [0.05, 0.1) is 22.3 Å². The molecular weight excluding hydrogens is 669 g/mol. The molecule has 1 fully saturated rings. The zero-order chi connectivity index (χ0) is 36.9. The Kier molecular flexibility index (Phi) is 12.9. The summed E-state index contributed by atoms with van der Waals surface area (Å²) in [6, 6.07) is 3.76. The van der Waals surface area contributed by atoms with Crippen molar-refractivity contribution in [3.63, 3.8) is 0 Å². The minimum atomic E-state index is -5.12. The number of halogens is 9. The number of hydrogen-bond donors (Lipinski definition) is 3. The van der Waals surface area contributed by atoms with Crippen molar-refractivity contribution in [1.29, 1.82) is 0 Å². The lowest BCUT2D eigenvalue weighted by Gasteiger charge is -2.44. The average Bonchev–Trinajstić information content (AvgIpc) is 2.99. The first kappa shape index (κ1) is 40.2. The van der Waals surface area contributed by atoms with E-state index in [2.05, 4.69) is 14.9 Å². The molecule has 0 radical (unpaired) electrons. The number of hydrazone groups is 1. The van der Waals surface area contributed by atoms with E-state index in [1.54, 1.807) is 0 Å². The minimum Gasteiger partial charge on any atom is -0.388 e. The SMILES string of the molecule is CCC(c1ccc(C(F)(F)F)cc1CN(Cc1cc(C(F)(F)F)cc(C(F)(F)F)c1)/C(N)=N/N(C)N)N1CCC(O)(CN(CC)CC)CC1. The molecule has 1 atom stereocenters. The van der Waals surface area contributed by atoms with Gasteiger partial charge in [0, 0.05) is 45.8 Å². The summed E-state index contributed by atoms with van der Waals surface area (Å²) in [5.74, 6) is 5.14. The number of rotatable bonds is 12. The third-order valence-electron chi connectivity index (χ3n) is 8.76. The van der Waals surface area contributed by atoms with E-state index < -0.39 is 71.5 Å². The fourth-order valence-electron chi connectivity index (χ4n) is 6.17. The van der Waals surface area contributed by atoms with Gasteiger partial charge in [0.1, 0.15) is 0 Å². The quantitative estimate of drug-likeness (QED) is 0.0771. The van der Waals surface area contributed by atoms with Gasteiger partial charge < -0.3 is 20.6 Å². The highest BCUT2D eigenvalue weighted by molar-refractivity contribution is 5.78. The van der Waals surface area contributed by atoms with Crippen molar-refractivity contribution in [2.45, 2.75) is 83.3 Å². The fourth-order valence-corrected chi connectivity index (χ4v) is 6.17. The smallest absolute Gasteiger partial charge is 0.388 e. The summed E-state index contributed by atoms with van der Waals surface area (Å²) < 4.78 is 124. The van der Waals surface area contributed by atoms with Gasteiger partial charge in [-0.3, -0.25) is 4.90 Å². The topological polar surface area (TPSA) is 97.6 Å². The molecule has 0 aromatic heterocycles. The number of aliphatic hydroxyl groups is 1. The fraction of sp³-hybridized carbons (Fsp3) is 0.594. The molecule has 3 rings (SSSR count). The Bertz CT molecular complexity index is 1380. The molecule has 2 aromatic rings. The van der Waals surface area contributed by atoms with E-state index in [1.165, 1.54) is 13.1 Å². The van der Waals surface area contributed by atoms with Gasteiger partial charge in [-0.1, -0.05) is 26.8 Å². The van der Waals surface area contributed by atoms with E-state index in [4.69, 9.17) is 11.6 Å². The predicted octanol–water partition coefficient (Wildman–Crippen LogP) is 6.40. The third-order valence-corrected chi connectivity index (χ3v) is 8.76. The lowest BCUT2D eigenvalue weighted by Crippen LogP contribution is -2.51. The maximum atomic E-state index is 14.0. The molecule has 49 heavy (non-hydrogen) atoms. The maximum absolute atomic E-state index is 14.0. The van der Waals surface area contributed by atoms with Crippen LogP contribution in [0.25, 0.3) is 0 Å². The first-order chi connectivity index (χ1) is 22.6. The number of guanidine groups is 1. The van der Waals surface area contributed by atoms with E-state index in [0.717, 1.165) is 35.2 Å². The summed E-state index contributed by atoms with van der Waals surface area (Å²) in [5.41, 5.74) is 1.17. The maximum Gasteiger partial charge on any atom is 0.416 e. The lowest BCUT2D eigenvalue weighted by atomic mass is 9.87. The van der Waals surface area contributed by atoms with E-state index >= 15 is 0 Å². The van der Waals surface area contributed by atoms with Crippen molar-refractivity contribution in [2.24, 2.45) is 16.7 Å². The van der Waals surface area contributed by atoms with Gasteiger partial charge in [0.2, 0.25) is 5.96 Å². The predicted molar refractivity (Wildman–Crippen MR) is 167 cm³/mol. The monoisotopic (exact) mass is 713 g/mol. The van der Waals surface area contributed by atoms with Gasteiger partial charge >= 0.3 is 18.5 Å². The van der Waals surface area contributed by atoms with Gasteiger partial charge in [0.25, 0.3) is 0 Å². The van der Waals surface area contributed by atoms with Crippen molar-refractivity contribution >= 4 is 5.96 Å². The second-order valence-corrected chi connectivity index (χ2v) is 12.4. The average molecular weight is 714 g/mol. The molecule has 0 bridgehead atoms. The lowest BCUT2D eigenvalue weighted by molar-refractivity contribution is -0.143. The van der Waals surface area contributed by atoms with E-state index in [1.807, 2.05) is 20.8 Å². The van der Waals surface area contributed by atoms with Crippen LogP contribution >= 0.6 is 0 Å². The van der Waals surface area contributed by atoms with E-state index in [9.17, 15) is 44.6 Å². The number of hydrazine groups is 1. The standard InChI is InChI=1S/C32H44F9N7O/c1-5-27(47-12-10-29(49,11-13-47)20-46(6-2)7-3)26-9-8-23(30(33,34)35)16-22(26)19-48(28(42)44-45(4)43)18-21-14-24(31(36,37)38)17-25(15-21)32(39,40)41/h8-9,14-17,27,49H,5-7,10-13,18-20,43H2,1-4H3,(H2,42,44). The summed E-state index contributed by atoms with van der Waals surface area (Å²) >= 11 is 0. The molecule has 1 heterocycles. The molecule has 1 unspecified atom stereocenters. The number of piperidine rings is 1. The zero-order valence-corrected chi connectivity index (χ0v) is 27.9. The van der Waals surface area contributed by atoms with E-state index in [-0.39, 0.29) is 11.6 Å². The van der Waals surface area contributed by atoms with Crippen LogP contribution in [-0.4, -0.2) is 76.3 Å². The zero-order valence-electron chi connectivity index (χ0n) is 27.9. The van der Waals surface area contributed by atoms with Crippen LogP contribution in [0.3, 0.4) is 0 Å². The van der Waals surface area contributed by atoms with Crippen molar-refractivity contribution in [1.82, 2.24) is 19.8 Å². The number of likely N-dealkylation sites (tertiary alicyclic amines) is 1. The summed E-state index contributed by atoms with van der Waals surface area (Å²) in [5, 5.41) is 15.9. The molecule has 1 saturated heterocycles. The summed E-state index contributed by atoms with van der Waals surface area (Å²) in [6.45, 7) is 7.57. The Labute approximate surface area is 280 Å². The number of likely N-dealkylation sites (N-methyl/N-ethyl adjacent to an activating group) is 1. The van der Waals surface area contributed by atoms with Gasteiger partial charge in [-0.15, -0.1) is 5.10 Å².